The summed E-state index contributed by atoms with van der Waals surface area (Å²) in [6.07, 6.45) is 0.809. The number of benzene rings is 1. The first kappa shape index (κ1) is 13.8. The van der Waals surface area contributed by atoms with Crippen LogP contribution in [0.1, 0.15) is 29.9 Å². The van der Waals surface area contributed by atoms with E-state index < -0.39 is 11.9 Å². The van der Waals surface area contributed by atoms with Crippen LogP contribution >= 0.6 is 15.9 Å². The van der Waals surface area contributed by atoms with Gasteiger partial charge in [0.2, 0.25) is 5.79 Å². The molecule has 1 atom stereocenters. The molecule has 1 aromatic carbocycles. The van der Waals surface area contributed by atoms with E-state index in [-0.39, 0.29) is 0 Å². The Kier molecular flexibility index (Phi) is 3.69. The van der Waals surface area contributed by atoms with E-state index in [0.717, 1.165) is 10.0 Å². The zero-order valence-corrected chi connectivity index (χ0v) is 12.6. The molecule has 2 aromatic rings. The Balaban J connectivity index is 1.84. The van der Waals surface area contributed by atoms with Crippen LogP contribution in [0.4, 0.5) is 0 Å². The summed E-state index contributed by atoms with van der Waals surface area (Å²) >= 11 is 3.37. The maximum absolute atomic E-state index is 10.4. The topological polar surface area (TPSA) is 51.8 Å². The van der Waals surface area contributed by atoms with Crippen LogP contribution in [0, 0.1) is 0 Å². The van der Waals surface area contributed by atoms with Crippen LogP contribution < -0.4 is 0 Å². The van der Waals surface area contributed by atoms with Crippen LogP contribution in [0.15, 0.2) is 45.5 Å². The van der Waals surface area contributed by atoms with Crippen molar-refractivity contribution in [3.8, 4) is 0 Å². The minimum absolute atomic E-state index is 0.543. The molecule has 20 heavy (non-hydrogen) atoms. The van der Waals surface area contributed by atoms with Crippen LogP contribution in [0.2, 0.25) is 0 Å². The average Bonchev–Trinajstić information content (AvgIpc) is 3.08. The summed E-state index contributed by atoms with van der Waals surface area (Å²) in [6.45, 7) is 2.90. The molecule has 1 N–H and O–H groups in total. The number of aliphatic hydroxyl groups excluding tert-OH is 1. The molecule has 1 aliphatic heterocycles. The lowest BCUT2D eigenvalue weighted by Crippen LogP contribution is -2.21. The van der Waals surface area contributed by atoms with Gasteiger partial charge < -0.3 is 19.0 Å². The molecule has 1 saturated heterocycles. The Bertz CT molecular complexity index is 584. The van der Waals surface area contributed by atoms with E-state index in [1.165, 1.54) is 0 Å². The first-order chi connectivity index (χ1) is 9.58. The Morgan fingerprint density at radius 1 is 1.15 bits per heavy atom. The molecule has 1 aliphatic rings. The first-order valence-electron chi connectivity index (χ1n) is 6.39. The van der Waals surface area contributed by atoms with Gasteiger partial charge in [0.25, 0.3) is 0 Å². The predicted octanol–water partition coefficient (Wildman–Crippen LogP) is 3.34. The van der Waals surface area contributed by atoms with Gasteiger partial charge >= 0.3 is 0 Å². The van der Waals surface area contributed by atoms with E-state index in [1.807, 2.05) is 31.2 Å². The summed E-state index contributed by atoms with van der Waals surface area (Å²) in [5.41, 5.74) is 1.49. The molecule has 1 unspecified atom stereocenters. The second kappa shape index (κ2) is 5.33. The molecule has 5 heteroatoms. The quantitative estimate of drug-likeness (QED) is 0.932. The normalized spacial score (nSPS) is 19.1. The highest BCUT2D eigenvalue weighted by molar-refractivity contribution is 9.10. The van der Waals surface area contributed by atoms with Gasteiger partial charge in [-0.2, -0.15) is 0 Å². The maximum Gasteiger partial charge on any atom is 0.225 e. The third kappa shape index (κ3) is 2.54. The fraction of sp³-hybridized carbons (Fsp3) is 0.333. The summed E-state index contributed by atoms with van der Waals surface area (Å²) in [4.78, 5) is 0. The molecule has 1 aromatic heterocycles. The lowest BCUT2D eigenvalue weighted by atomic mass is 10.0. The highest BCUT2D eigenvalue weighted by Gasteiger charge is 2.37. The monoisotopic (exact) mass is 338 g/mol. The van der Waals surface area contributed by atoms with Gasteiger partial charge in [-0.25, -0.2) is 0 Å². The molecule has 0 aliphatic carbocycles. The number of rotatable bonds is 3. The molecular formula is C15H15BrO4. The van der Waals surface area contributed by atoms with E-state index in [2.05, 4.69) is 15.9 Å². The van der Waals surface area contributed by atoms with Gasteiger partial charge in [-0.15, -0.1) is 0 Å². The van der Waals surface area contributed by atoms with Crippen molar-refractivity contribution < 1.29 is 19.0 Å². The van der Waals surface area contributed by atoms with Crippen LogP contribution in [0.25, 0.3) is 0 Å². The van der Waals surface area contributed by atoms with Crippen molar-refractivity contribution in [2.75, 3.05) is 13.2 Å². The van der Waals surface area contributed by atoms with E-state index in [4.69, 9.17) is 13.9 Å². The van der Waals surface area contributed by atoms with Gasteiger partial charge in [-0.1, -0.05) is 28.1 Å². The van der Waals surface area contributed by atoms with Crippen molar-refractivity contribution in [1.29, 1.82) is 0 Å². The second-order valence-corrected chi connectivity index (χ2v) is 5.76. The standard InChI is InChI=1S/C15H15BrO4/c1-15(19-6-7-20-15)13-8-11(9-18-13)14(17)10-2-4-12(16)5-3-10/h2-5,8-9,14,17H,6-7H2,1H3. The minimum atomic E-state index is -0.850. The predicted molar refractivity (Wildman–Crippen MR) is 76.2 cm³/mol. The van der Waals surface area contributed by atoms with E-state index >= 15 is 0 Å². The number of halogens is 1. The van der Waals surface area contributed by atoms with Crippen LogP contribution in [0.3, 0.4) is 0 Å². The molecule has 0 radical (unpaired) electrons. The van der Waals surface area contributed by atoms with Crippen LogP contribution in [0.5, 0.6) is 0 Å². The van der Waals surface area contributed by atoms with Crippen molar-refractivity contribution >= 4 is 15.9 Å². The third-order valence-corrected chi connectivity index (χ3v) is 3.94. The van der Waals surface area contributed by atoms with Gasteiger partial charge in [0.15, 0.2) is 5.76 Å². The number of hydrogen-bond donors (Lipinski definition) is 1. The third-order valence-electron chi connectivity index (χ3n) is 3.41. The zero-order valence-electron chi connectivity index (χ0n) is 11.0. The smallest absolute Gasteiger partial charge is 0.225 e. The summed E-state index contributed by atoms with van der Waals surface area (Å²) in [7, 11) is 0. The number of ether oxygens (including phenoxy) is 2. The fourth-order valence-electron chi connectivity index (χ4n) is 2.23. The number of furan rings is 1. The van der Waals surface area contributed by atoms with E-state index in [1.54, 1.807) is 12.3 Å². The SMILES string of the molecule is CC1(c2cc(C(O)c3ccc(Br)cc3)co2)OCCO1. The molecule has 0 saturated carbocycles. The lowest BCUT2D eigenvalue weighted by molar-refractivity contribution is -0.162. The average molecular weight is 339 g/mol. The fourth-order valence-corrected chi connectivity index (χ4v) is 2.49. The second-order valence-electron chi connectivity index (χ2n) is 4.84. The van der Waals surface area contributed by atoms with Gasteiger partial charge in [-0.3, -0.25) is 0 Å². The minimum Gasteiger partial charge on any atom is -0.463 e. The van der Waals surface area contributed by atoms with Crippen LogP contribution in [-0.2, 0) is 15.3 Å². The molecule has 3 rings (SSSR count). The van der Waals surface area contributed by atoms with Gasteiger partial charge in [0.1, 0.15) is 6.10 Å². The van der Waals surface area contributed by atoms with Crippen molar-refractivity contribution in [1.82, 2.24) is 0 Å². The first-order valence-corrected chi connectivity index (χ1v) is 7.18. The van der Waals surface area contributed by atoms with E-state index in [9.17, 15) is 5.11 Å². The van der Waals surface area contributed by atoms with E-state index in [0.29, 0.717) is 24.5 Å². The highest BCUT2D eigenvalue weighted by atomic mass is 79.9. The van der Waals surface area contributed by atoms with Gasteiger partial charge in [0.05, 0.1) is 19.5 Å². The molecular weight excluding hydrogens is 324 g/mol. The Morgan fingerprint density at radius 3 is 2.45 bits per heavy atom. The zero-order chi connectivity index (χ0) is 14.2. The molecule has 0 amide bonds. The van der Waals surface area contributed by atoms with Gasteiger partial charge in [0, 0.05) is 10.0 Å². The molecule has 2 heterocycles. The molecule has 4 nitrogen and oxygen atoms in total. The molecule has 0 bridgehead atoms. The number of aliphatic hydroxyl groups is 1. The maximum atomic E-state index is 10.4. The van der Waals surface area contributed by atoms with Gasteiger partial charge in [-0.05, 0) is 30.7 Å². The van der Waals surface area contributed by atoms with Crippen LogP contribution in [-0.4, -0.2) is 18.3 Å². The molecule has 106 valence electrons. The lowest BCUT2D eigenvalue weighted by Gasteiger charge is -2.18. The van der Waals surface area contributed by atoms with Crippen molar-refractivity contribution in [3.63, 3.8) is 0 Å². The molecule has 1 fully saturated rings. The summed E-state index contributed by atoms with van der Waals surface area (Å²) in [5, 5.41) is 10.4. The largest absolute Gasteiger partial charge is 0.463 e. The molecule has 0 spiro atoms. The highest BCUT2D eigenvalue weighted by Crippen LogP contribution is 2.34. The Labute approximate surface area is 125 Å². The van der Waals surface area contributed by atoms with Crippen molar-refractivity contribution in [3.05, 3.63) is 58.0 Å². The number of hydrogen-bond acceptors (Lipinski definition) is 4. The summed E-state index contributed by atoms with van der Waals surface area (Å²) in [6, 6.07) is 9.30. The summed E-state index contributed by atoms with van der Waals surface area (Å²) in [5.74, 6) is -0.279. The summed E-state index contributed by atoms with van der Waals surface area (Å²) < 4.78 is 17.5. The van der Waals surface area contributed by atoms with Crippen molar-refractivity contribution in [2.24, 2.45) is 0 Å². The Hall–Kier alpha value is -1.14. The Morgan fingerprint density at radius 2 is 1.80 bits per heavy atom. The van der Waals surface area contributed by atoms with Crippen molar-refractivity contribution in [2.45, 2.75) is 18.8 Å².